The van der Waals surface area contributed by atoms with E-state index in [4.69, 9.17) is 9.47 Å². The lowest BCUT2D eigenvalue weighted by Crippen LogP contribution is -2.36. The Kier molecular flexibility index (Phi) is 10.1. The van der Waals surface area contributed by atoms with Crippen LogP contribution in [0.2, 0.25) is 0 Å². The summed E-state index contributed by atoms with van der Waals surface area (Å²) in [4.78, 5) is 14.9. The summed E-state index contributed by atoms with van der Waals surface area (Å²) in [6.45, 7) is 3.68. The van der Waals surface area contributed by atoms with Gasteiger partial charge >= 0.3 is 0 Å². The molecule has 0 atom stereocenters. The van der Waals surface area contributed by atoms with Gasteiger partial charge in [0.15, 0.2) is 17.5 Å². The van der Waals surface area contributed by atoms with Crippen LogP contribution >= 0.6 is 24.0 Å². The zero-order chi connectivity index (χ0) is 19.6. The number of nitro groups is 1. The summed E-state index contributed by atoms with van der Waals surface area (Å²) in [5, 5.41) is 17.1. The van der Waals surface area contributed by atoms with E-state index in [-0.39, 0.29) is 29.7 Å². The molecule has 2 aromatic rings. The van der Waals surface area contributed by atoms with Crippen molar-refractivity contribution < 1.29 is 14.4 Å². The first kappa shape index (κ1) is 23.5. The first-order valence-electron chi connectivity index (χ1n) is 8.53. The largest absolute Gasteiger partial charge is 0.493 e. The maximum Gasteiger partial charge on any atom is 0.269 e. The van der Waals surface area contributed by atoms with E-state index in [0.29, 0.717) is 30.5 Å². The van der Waals surface area contributed by atoms with Crippen LogP contribution in [0.1, 0.15) is 18.1 Å². The number of guanidine groups is 1. The molecule has 9 heteroatoms. The monoisotopic (exact) mass is 500 g/mol. The van der Waals surface area contributed by atoms with Gasteiger partial charge in [0.2, 0.25) is 0 Å². The van der Waals surface area contributed by atoms with E-state index in [1.807, 2.05) is 25.1 Å². The smallest absolute Gasteiger partial charge is 0.269 e. The van der Waals surface area contributed by atoms with Crippen molar-refractivity contribution in [1.29, 1.82) is 0 Å². The van der Waals surface area contributed by atoms with Gasteiger partial charge in [-0.25, -0.2) is 4.99 Å². The summed E-state index contributed by atoms with van der Waals surface area (Å²) in [5.74, 6) is 1.99. The first-order chi connectivity index (χ1) is 13.1. The summed E-state index contributed by atoms with van der Waals surface area (Å²) in [7, 11) is 3.20. The van der Waals surface area contributed by atoms with Crippen LogP contribution in [0.3, 0.4) is 0 Å². The molecule has 0 aliphatic carbocycles. The SMILES string of the molecule is CCNC(=NCc1ccc(OC)c(OC)c1)NCc1ccc([N+](=O)[O-])cc1.I. The Hall–Kier alpha value is -2.56. The molecule has 0 unspecified atom stereocenters. The average molecular weight is 500 g/mol. The van der Waals surface area contributed by atoms with E-state index in [2.05, 4.69) is 15.6 Å². The van der Waals surface area contributed by atoms with Crippen LogP contribution in [0.4, 0.5) is 5.69 Å². The number of aliphatic imine (C=N–C) groups is 1. The van der Waals surface area contributed by atoms with Crippen molar-refractivity contribution in [2.24, 2.45) is 4.99 Å². The van der Waals surface area contributed by atoms with Crippen molar-refractivity contribution in [3.8, 4) is 11.5 Å². The molecule has 2 N–H and O–H groups in total. The molecule has 0 saturated heterocycles. The first-order valence-corrected chi connectivity index (χ1v) is 8.53. The van der Waals surface area contributed by atoms with Crippen LogP contribution in [-0.2, 0) is 13.1 Å². The zero-order valence-electron chi connectivity index (χ0n) is 16.1. The molecule has 2 aromatic carbocycles. The summed E-state index contributed by atoms with van der Waals surface area (Å²) in [6, 6.07) is 12.1. The van der Waals surface area contributed by atoms with Crippen molar-refractivity contribution in [1.82, 2.24) is 10.6 Å². The minimum absolute atomic E-state index is 0. The predicted molar refractivity (Wildman–Crippen MR) is 120 cm³/mol. The van der Waals surface area contributed by atoms with Gasteiger partial charge in [0.1, 0.15) is 0 Å². The van der Waals surface area contributed by atoms with Gasteiger partial charge < -0.3 is 20.1 Å². The molecule has 152 valence electrons. The number of nitro benzene ring substituents is 1. The molecular weight excluding hydrogens is 475 g/mol. The fourth-order valence-corrected chi connectivity index (χ4v) is 2.41. The molecule has 0 aliphatic rings. The Balaban J connectivity index is 0.00000392. The maximum absolute atomic E-state index is 10.7. The van der Waals surface area contributed by atoms with Gasteiger partial charge in [0.25, 0.3) is 5.69 Å². The number of hydrogen-bond acceptors (Lipinski definition) is 5. The van der Waals surface area contributed by atoms with E-state index in [1.165, 1.54) is 12.1 Å². The third-order valence-corrected chi connectivity index (χ3v) is 3.82. The van der Waals surface area contributed by atoms with E-state index >= 15 is 0 Å². The van der Waals surface area contributed by atoms with Crippen molar-refractivity contribution >= 4 is 35.6 Å². The van der Waals surface area contributed by atoms with Gasteiger partial charge in [-0.2, -0.15) is 0 Å². The van der Waals surface area contributed by atoms with Crippen LogP contribution in [0, 0.1) is 10.1 Å². The number of hydrogen-bond donors (Lipinski definition) is 2. The lowest BCUT2D eigenvalue weighted by Gasteiger charge is -2.12. The highest BCUT2D eigenvalue weighted by Gasteiger charge is 2.06. The molecule has 0 fully saturated rings. The number of non-ortho nitro benzene ring substituents is 1. The minimum Gasteiger partial charge on any atom is -0.493 e. The molecule has 0 aliphatic heterocycles. The molecule has 0 heterocycles. The third kappa shape index (κ3) is 6.87. The number of rotatable bonds is 8. The number of methoxy groups -OCH3 is 2. The van der Waals surface area contributed by atoms with Crippen molar-refractivity contribution in [2.45, 2.75) is 20.0 Å². The molecule has 0 radical (unpaired) electrons. The minimum atomic E-state index is -0.411. The van der Waals surface area contributed by atoms with Crippen molar-refractivity contribution in [2.75, 3.05) is 20.8 Å². The number of ether oxygens (including phenoxy) is 2. The molecule has 0 spiro atoms. The molecule has 0 aromatic heterocycles. The van der Waals surface area contributed by atoms with Crippen LogP contribution in [0.25, 0.3) is 0 Å². The molecule has 0 saturated carbocycles. The van der Waals surface area contributed by atoms with E-state index < -0.39 is 4.92 Å². The average Bonchev–Trinajstić information content (AvgIpc) is 2.70. The Bertz CT molecular complexity index is 797. The highest BCUT2D eigenvalue weighted by molar-refractivity contribution is 14.0. The van der Waals surface area contributed by atoms with Gasteiger partial charge in [-0.1, -0.05) is 18.2 Å². The van der Waals surface area contributed by atoms with Gasteiger partial charge in [-0.15, -0.1) is 24.0 Å². The molecule has 2 rings (SSSR count). The van der Waals surface area contributed by atoms with Gasteiger partial charge in [-0.3, -0.25) is 10.1 Å². The van der Waals surface area contributed by atoms with Gasteiger partial charge in [-0.05, 0) is 30.2 Å². The van der Waals surface area contributed by atoms with Crippen molar-refractivity contribution in [3.63, 3.8) is 0 Å². The molecular formula is C19H25IN4O4. The lowest BCUT2D eigenvalue weighted by atomic mass is 10.2. The summed E-state index contributed by atoms with van der Waals surface area (Å²) in [6.07, 6.45) is 0. The second-order valence-corrected chi connectivity index (χ2v) is 5.66. The predicted octanol–water partition coefficient (Wildman–Crippen LogP) is 3.49. The highest BCUT2D eigenvalue weighted by Crippen LogP contribution is 2.27. The standard InChI is InChI=1S/C19H24N4O4.HI/c1-4-20-19(21-12-14-5-8-16(9-6-14)23(24)25)22-13-15-7-10-17(26-2)18(11-15)27-3;/h5-11H,4,12-13H2,1-3H3,(H2,20,21,22);1H. The Morgan fingerprint density at radius 1 is 1.04 bits per heavy atom. The van der Waals surface area contributed by atoms with E-state index in [0.717, 1.165) is 17.7 Å². The van der Waals surface area contributed by atoms with E-state index in [1.54, 1.807) is 26.4 Å². The Morgan fingerprint density at radius 3 is 2.25 bits per heavy atom. The fraction of sp³-hybridized carbons (Fsp3) is 0.316. The van der Waals surface area contributed by atoms with Crippen LogP contribution < -0.4 is 20.1 Å². The number of nitrogens with one attached hydrogen (secondary N) is 2. The lowest BCUT2D eigenvalue weighted by molar-refractivity contribution is -0.384. The molecule has 0 bridgehead atoms. The fourth-order valence-electron chi connectivity index (χ4n) is 2.41. The second kappa shape index (κ2) is 12.0. The number of halogens is 1. The highest BCUT2D eigenvalue weighted by atomic mass is 127. The summed E-state index contributed by atoms with van der Waals surface area (Å²) in [5.41, 5.74) is 1.99. The molecule has 28 heavy (non-hydrogen) atoms. The maximum atomic E-state index is 10.7. The quantitative estimate of drug-likeness (QED) is 0.189. The van der Waals surface area contributed by atoms with Crippen LogP contribution in [0.15, 0.2) is 47.5 Å². The molecule has 8 nitrogen and oxygen atoms in total. The Morgan fingerprint density at radius 2 is 1.68 bits per heavy atom. The number of benzene rings is 2. The summed E-state index contributed by atoms with van der Waals surface area (Å²) >= 11 is 0. The summed E-state index contributed by atoms with van der Waals surface area (Å²) < 4.78 is 10.5. The van der Waals surface area contributed by atoms with Gasteiger partial charge in [0.05, 0.1) is 25.7 Å². The van der Waals surface area contributed by atoms with Crippen LogP contribution in [0.5, 0.6) is 11.5 Å². The Labute approximate surface area is 181 Å². The molecule has 0 amide bonds. The second-order valence-electron chi connectivity index (χ2n) is 5.66. The topological polar surface area (TPSA) is 98.0 Å². The van der Waals surface area contributed by atoms with Crippen molar-refractivity contribution in [3.05, 3.63) is 63.7 Å². The van der Waals surface area contributed by atoms with Crippen LogP contribution in [-0.4, -0.2) is 31.6 Å². The zero-order valence-corrected chi connectivity index (χ0v) is 18.4. The van der Waals surface area contributed by atoms with E-state index in [9.17, 15) is 10.1 Å². The third-order valence-electron chi connectivity index (χ3n) is 3.82. The number of nitrogens with zero attached hydrogens (tertiary/aromatic N) is 2. The van der Waals surface area contributed by atoms with Gasteiger partial charge in [0, 0.05) is 25.2 Å². The normalized spacial score (nSPS) is 10.6.